The van der Waals surface area contributed by atoms with Crippen LogP contribution in [0.1, 0.15) is 29.8 Å². The minimum atomic E-state index is -0.754. The number of nitrogens with zero attached hydrogens (tertiary/aromatic N) is 4. The first-order valence-electron chi connectivity index (χ1n) is 13.4. The van der Waals surface area contributed by atoms with Gasteiger partial charge in [-0.3, -0.25) is 14.6 Å². The minimum absolute atomic E-state index is 0. The van der Waals surface area contributed by atoms with Crippen LogP contribution in [0.2, 0.25) is 0 Å². The Morgan fingerprint density at radius 2 is 1.29 bits per heavy atom. The maximum atomic E-state index is 5.62. The molecule has 6 aromatic rings. The van der Waals surface area contributed by atoms with Crippen molar-refractivity contribution in [1.82, 2.24) is 19.7 Å². The molecule has 4 nitrogen and oxygen atoms in total. The Kier molecular flexibility index (Phi) is 9.15. The molecule has 0 fully saturated rings. The van der Waals surface area contributed by atoms with E-state index in [0.717, 1.165) is 58.1 Å². The number of hydrogen-bond acceptors (Lipinski definition) is 4. The maximum absolute atomic E-state index is 5.62. The van der Waals surface area contributed by atoms with E-state index in [1.807, 2.05) is 95.9 Å². The van der Waals surface area contributed by atoms with Gasteiger partial charge in [-0.05, 0) is 48.8 Å². The fourth-order valence-corrected chi connectivity index (χ4v) is 5.46. The molecule has 6 heteroatoms. The van der Waals surface area contributed by atoms with Gasteiger partial charge in [0.2, 0.25) is 0 Å². The van der Waals surface area contributed by atoms with Crippen LogP contribution in [0, 0.1) is 12.1 Å². The molecule has 0 bridgehead atoms. The van der Waals surface area contributed by atoms with Gasteiger partial charge < -0.3 is 12.6 Å². The van der Waals surface area contributed by atoms with Gasteiger partial charge in [-0.25, -0.2) is 0 Å². The second kappa shape index (κ2) is 13.1. The molecule has 0 aliphatic rings. The van der Waals surface area contributed by atoms with Crippen LogP contribution in [0.5, 0.6) is 0 Å². The zero-order valence-corrected chi connectivity index (χ0v) is 25.5. The number of hydrogen-bond donors (Lipinski definition) is 0. The Labute approximate surface area is 260 Å². The van der Waals surface area contributed by atoms with Crippen LogP contribution in [-0.4, -0.2) is 19.7 Å². The molecule has 202 valence electrons. The van der Waals surface area contributed by atoms with E-state index in [0.29, 0.717) is 0 Å². The first-order valence-corrected chi connectivity index (χ1v) is 13.8. The van der Waals surface area contributed by atoms with E-state index in [1.54, 1.807) is 0 Å². The predicted molar refractivity (Wildman–Crippen MR) is 160 cm³/mol. The normalized spacial score (nSPS) is 11.1. The predicted octanol–water partition coefficient (Wildman–Crippen LogP) is 7.33. The summed E-state index contributed by atoms with van der Waals surface area (Å²) in [7, 11) is 0. The molecule has 0 saturated carbocycles. The topological polar surface area (TPSA) is 43.6 Å². The summed E-state index contributed by atoms with van der Waals surface area (Å²) >= 11 is 5.62. The zero-order valence-electron chi connectivity index (χ0n) is 22.3. The summed E-state index contributed by atoms with van der Waals surface area (Å²) < 4.78 is 2.01. The molecule has 6 rings (SSSR count). The molecule has 3 heterocycles. The average Bonchev–Trinajstić information content (AvgIpc) is 3.57. The molecule has 0 N–H and O–H groups in total. The molecule has 0 aliphatic heterocycles. The van der Waals surface area contributed by atoms with Gasteiger partial charge in [0.15, 0.2) is 0 Å². The largest absolute Gasteiger partial charge is 3.00 e. The van der Waals surface area contributed by atoms with Crippen molar-refractivity contribution in [2.45, 2.75) is 29.7 Å². The summed E-state index contributed by atoms with van der Waals surface area (Å²) in [6, 6.07) is 44.9. The van der Waals surface area contributed by atoms with Crippen molar-refractivity contribution in [3.05, 3.63) is 157 Å². The Bertz CT molecular complexity index is 1610. The molecule has 0 amide bonds. The van der Waals surface area contributed by atoms with Gasteiger partial charge in [-0.1, -0.05) is 54.1 Å². The summed E-state index contributed by atoms with van der Waals surface area (Å²) in [5, 5.41) is 4.79. The summed E-state index contributed by atoms with van der Waals surface area (Å²) in [5.41, 5.74) is 5.77. The Balaban J connectivity index is 0.00000337. The third kappa shape index (κ3) is 6.06. The minimum Gasteiger partial charge on any atom is -0.779 e. The fraction of sp³-hybridized carbons (Fsp3) is 0.114. The Hall–Kier alpha value is -3.96. The van der Waals surface area contributed by atoms with Gasteiger partial charge >= 0.3 is 20.1 Å². The van der Waals surface area contributed by atoms with Gasteiger partial charge in [0.05, 0.1) is 11.4 Å². The van der Waals surface area contributed by atoms with Crippen molar-refractivity contribution in [3.8, 4) is 22.5 Å². The molecule has 41 heavy (non-hydrogen) atoms. The molecule has 0 aliphatic carbocycles. The van der Waals surface area contributed by atoms with Crippen LogP contribution in [0.3, 0.4) is 0 Å². The second-order valence-electron chi connectivity index (χ2n) is 9.64. The molecule has 3 aromatic heterocycles. The molecule has 3 aromatic carbocycles. The SMILES string of the molecule is [Ir+3].[S-]c1ccccc1CCCC(c1cccc(-c2[c-]cccc2)n1)(c1cccc(-c2[c-]cccc2)n1)n1cccn1. The molecule has 0 radical (unpaired) electrons. The van der Waals surface area contributed by atoms with Crippen molar-refractivity contribution in [2.75, 3.05) is 0 Å². The standard InChI is InChI=1S/C35H28N4S.Ir/c40-32-21-8-7-17-29(32)18-11-24-35(39-26-12-25-36-39,33-22-9-19-30(37-33)27-13-3-1-4-14-27)34-23-10-20-31(38-34)28-15-5-2-6-16-28;/h1-10,12-13,15,17,19-23,25-26,40H,11,18,24H2;/q-2;+3/p-1. The average molecular weight is 728 g/mol. The summed E-state index contributed by atoms with van der Waals surface area (Å²) in [6.45, 7) is 0. The Morgan fingerprint density at radius 1 is 0.683 bits per heavy atom. The summed E-state index contributed by atoms with van der Waals surface area (Å²) in [6.07, 6.45) is 6.26. The zero-order chi connectivity index (χ0) is 27.2. The van der Waals surface area contributed by atoms with Crippen LogP contribution in [0.15, 0.2) is 133 Å². The van der Waals surface area contributed by atoms with E-state index < -0.39 is 5.54 Å². The van der Waals surface area contributed by atoms with Crippen molar-refractivity contribution in [3.63, 3.8) is 0 Å². The van der Waals surface area contributed by atoms with Gasteiger partial charge in [0, 0.05) is 12.4 Å². The third-order valence-electron chi connectivity index (χ3n) is 7.17. The van der Waals surface area contributed by atoms with E-state index in [1.165, 1.54) is 5.56 Å². The molecule has 0 atom stereocenters. The van der Waals surface area contributed by atoms with E-state index in [4.69, 9.17) is 27.7 Å². The smallest absolute Gasteiger partial charge is 0.779 e. The molecular formula is C35H27IrN4S. The van der Waals surface area contributed by atoms with Gasteiger partial charge in [-0.15, -0.1) is 71.8 Å². The van der Waals surface area contributed by atoms with Crippen LogP contribution >= 0.6 is 0 Å². The number of pyridine rings is 2. The third-order valence-corrected chi connectivity index (χ3v) is 7.57. The molecule has 0 saturated heterocycles. The number of aromatic nitrogens is 4. The second-order valence-corrected chi connectivity index (χ2v) is 10.1. The van der Waals surface area contributed by atoms with Crippen LogP contribution < -0.4 is 0 Å². The fourth-order valence-electron chi connectivity index (χ4n) is 5.21. The number of aryl methyl sites for hydroxylation is 1. The van der Waals surface area contributed by atoms with E-state index in [9.17, 15) is 0 Å². The van der Waals surface area contributed by atoms with Gasteiger partial charge in [-0.2, -0.15) is 9.99 Å². The molecule has 0 unspecified atom stereocenters. The molecule has 0 spiro atoms. The van der Waals surface area contributed by atoms with Crippen LogP contribution in [-0.2, 0) is 44.7 Å². The van der Waals surface area contributed by atoms with Crippen LogP contribution in [0.25, 0.3) is 22.5 Å². The van der Waals surface area contributed by atoms with E-state index >= 15 is 0 Å². The van der Waals surface area contributed by atoms with Crippen molar-refractivity contribution >= 4 is 12.6 Å². The van der Waals surface area contributed by atoms with Gasteiger partial charge in [0.25, 0.3) is 0 Å². The quantitative estimate of drug-likeness (QED) is 0.116. The van der Waals surface area contributed by atoms with E-state index in [-0.39, 0.29) is 20.1 Å². The van der Waals surface area contributed by atoms with Crippen LogP contribution in [0.4, 0.5) is 0 Å². The maximum Gasteiger partial charge on any atom is 3.00 e. The van der Waals surface area contributed by atoms with Gasteiger partial charge in [0.1, 0.15) is 5.54 Å². The summed E-state index contributed by atoms with van der Waals surface area (Å²) in [5.74, 6) is 0. The first-order chi connectivity index (χ1) is 19.7. The number of benzene rings is 3. The number of rotatable bonds is 9. The first kappa shape index (κ1) is 28.6. The van der Waals surface area contributed by atoms with Crippen molar-refractivity contribution in [2.24, 2.45) is 0 Å². The van der Waals surface area contributed by atoms with Crippen molar-refractivity contribution < 1.29 is 20.1 Å². The molecular weight excluding hydrogens is 701 g/mol. The Morgan fingerprint density at radius 3 is 1.83 bits per heavy atom. The summed E-state index contributed by atoms with van der Waals surface area (Å²) in [4.78, 5) is 11.4. The van der Waals surface area contributed by atoms with E-state index in [2.05, 4.69) is 48.5 Å². The van der Waals surface area contributed by atoms with Crippen molar-refractivity contribution in [1.29, 1.82) is 0 Å². The monoisotopic (exact) mass is 728 g/mol.